The molecule has 1 aromatic heterocycles. The van der Waals surface area contributed by atoms with E-state index in [0.29, 0.717) is 5.69 Å². The van der Waals surface area contributed by atoms with Gasteiger partial charge in [-0.3, -0.25) is 0 Å². The molecule has 0 aliphatic heterocycles. The third-order valence-electron chi connectivity index (χ3n) is 2.27. The van der Waals surface area contributed by atoms with Crippen molar-refractivity contribution < 1.29 is 14.3 Å². The number of rotatable bonds is 2. The monoisotopic (exact) mass is 254 g/mol. The van der Waals surface area contributed by atoms with Crippen LogP contribution in [0.15, 0.2) is 24.3 Å². The number of benzene rings is 1. The van der Waals surface area contributed by atoms with E-state index in [1.54, 1.807) is 6.07 Å². The van der Waals surface area contributed by atoms with Crippen molar-refractivity contribution in [3.63, 3.8) is 0 Å². The summed E-state index contributed by atoms with van der Waals surface area (Å²) in [6.45, 7) is 1.53. The van der Waals surface area contributed by atoms with Crippen molar-refractivity contribution in [3.8, 4) is 5.69 Å². The predicted molar refractivity (Wildman–Crippen MR) is 60.2 cm³/mol. The molecule has 0 radical (unpaired) electrons. The summed E-state index contributed by atoms with van der Waals surface area (Å²) in [5.74, 6) is -1.60. The second-order valence-electron chi connectivity index (χ2n) is 3.45. The molecule has 1 aromatic carbocycles. The van der Waals surface area contributed by atoms with E-state index in [-0.39, 0.29) is 16.4 Å². The first kappa shape index (κ1) is 11.6. The zero-order chi connectivity index (χ0) is 12.6. The fourth-order valence-corrected chi connectivity index (χ4v) is 1.87. The Morgan fingerprint density at radius 2 is 2.24 bits per heavy atom. The van der Waals surface area contributed by atoms with Crippen LogP contribution in [0.4, 0.5) is 4.39 Å². The van der Waals surface area contributed by atoms with Crippen LogP contribution in [0.25, 0.3) is 5.69 Å². The van der Waals surface area contributed by atoms with Crippen molar-refractivity contribution in [1.29, 1.82) is 0 Å². The Bertz CT molecular complexity index is 595. The lowest BCUT2D eigenvalue weighted by atomic mass is 10.3. The SMILES string of the molecule is Cc1nn(-c2cccc(F)c2)c(Cl)c1C(=O)O. The van der Waals surface area contributed by atoms with Gasteiger partial charge in [0.25, 0.3) is 0 Å². The highest BCUT2D eigenvalue weighted by atomic mass is 35.5. The molecule has 0 atom stereocenters. The van der Waals surface area contributed by atoms with Gasteiger partial charge in [-0.25, -0.2) is 13.9 Å². The average molecular weight is 255 g/mol. The van der Waals surface area contributed by atoms with Gasteiger partial charge < -0.3 is 5.11 Å². The van der Waals surface area contributed by atoms with Gasteiger partial charge in [0.15, 0.2) is 0 Å². The van der Waals surface area contributed by atoms with Crippen LogP contribution < -0.4 is 0 Å². The Hall–Kier alpha value is -1.88. The fourth-order valence-electron chi connectivity index (χ4n) is 1.52. The first-order valence-electron chi connectivity index (χ1n) is 4.75. The van der Waals surface area contributed by atoms with Crippen LogP contribution in [0, 0.1) is 12.7 Å². The van der Waals surface area contributed by atoms with E-state index in [1.165, 1.54) is 29.8 Å². The van der Waals surface area contributed by atoms with Gasteiger partial charge in [-0.1, -0.05) is 17.7 Å². The second kappa shape index (κ2) is 4.18. The zero-order valence-electron chi connectivity index (χ0n) is 8.82. The molecule has 0 unspecified atom stereocenters. The maximum Gasteiger partial charge on any atom is 0.340 e. The number of nitrogens with zero attached hydrogens (tertiary/aromatic N) is 2. The number of aryl methyl sites for hydroxylation is 1. The van der Waals surface area contributed by atoms with E-state index in [1.807, 2.05) is 0 Å². The summed E-state index contributed by atoms with van der Waals surface area (Å²) < 4.78 is 14.2. The van der Waals surface area contributed by atoms with Gasteiger partial charge in [0.1, 0.15) is 16.5 Å². The minimum Gasteiger partial charge on any atom is -0.478 e. The molecule has 0 bridgehead atoms. The number of carboxylic acid groups (broad SMARTS) is 1. The number of hydrogen-bond acceptors (Lipinski definition) is 2. The second-order valence-corrected chi connectivity index (χ2v) is 3.81. The molecule has 0 fully saturated rings. The molecule has 0 spiro atoms. The fraction of sp³-hybridized carbons (Fsp3) is 0.0909. The predicted octanol–water partition coefficient (Wildman–Crippen LogP) is 2.67. The van der Waals surface area contributed by atoms with Crippen molar-refractivity contribution >= 4 is 17.6 Å². The molecule has 0 saturated heterocycles. The number of halogens is 2. The van der Waals surface area contributed by atoms with Crippen LogP contribution in [0.1, 0.15) is 16.1 Å². The minimum atomic E-state index is -1.16. The Morgan fingerprint density at radius 3 is 2.76 bits per heavy atom. The lowest BCUT2D eigenvalue weighted by molar-refractivity contribution is 0.0696. The molecule has 1 N–H and O–H groups in total. The van der Waals surface area contributed by atoms with Crippen LogP contribution >= 0.6 is 11.6 Å². The number of carboxylic acids is 1. The van der Waals surface area contributed by atoms with Crippen LogP contribution in [0.3, 0.4) is 0 Å². The first-order valence-corrected chi connectivity index (χ1v) is 5.13. The summed E-state index contributed by atoms with van der Waals surface area (Å²) in [4.78, 5) is 10.9. The zero-order valence-corrected chi connectivity index (χ0v) is 9.57. The number of aromatic nitrogens is 2. The molecular formula is C11H8ClFN2O2. The lowest BCUT2D eigenvalue weighted by Gasteiger charge is -2.02. The van der Waals surface area contributed by atoms with Gasteiger partial charge in [0.2, 0.25) is 0 Å². The van der Waals surface area contributed by atoms with E-state index in [9.17, 15) is 9.18 Å². The van der Waals surface area contributed by atoms with Crippen LogP contribution in [-0.4, -0.2) is 20.9 Å². The van der Waals surface area contributed by atoms with Crippen molar-refractivity contribution in [1.82, 2.24) is 9.78 Å². The quantitative estimate of drug-likeness (QED) is 0.896. The number of aromatic carboxylic acids is 1. The van der Waals surface area contributed by atoms with Crippen molar-refractivity contribution in [2.24, 2.45) is 0 Å². The topological polar surface area (TPSA) is 55.1 Å². The Morgan fingerprint density at radius 1 is 1.53 bits per heavy atom. The van der Waals surface area contributed by atoms with Gasteiger partial charge in [-0.15, -0.1) is 0 Å². The maximum absolute atomic E-state index is 13.0. The molecule has 2 aromatic rings. The van der Waals surface area contributed by atoms with Crippen LogP contribution in [0.2, 0.25) is 5.15 Å². The molecular weight excluding hydrogens is 247 g/mol. The van der Waals surface area contributed by atoms with E-state index < -0.39 is 11.8 Å². The molecule has 0 amide bonds. The summed E-state index contributed by atoms with van der Waals surface area (Å²) in [6, 6.07) is 5.60. The van der Waals surface area contributed by atoms with Crippen molar-refractivity contribution in [2.45, 2.75) is 6.92 Å². The average Bonchev–Trinajstić information content (AvgIpc) is 2.54. The molecule has 0 aliphatic rings. The summed E-state index contributed by atoms with van der Waals surface area (Å²) in [5, 5.41) is 12.9. The summed E-state index contributed by atoms with van der Waals surface area (Å²) >= 11 is 5.91. The van der Waals surface area contributed by atoms with Gasteiger partial charge in [0.05, 0.1) is 11.4 Å². The minimum absolute atomic E-state index is 0.0411. The summed E-state index contributed by atoms with van der Waals surface area (Å²) in [5.41, 5.74) is 0.591. The van der Waals surface area contributed by atoms with Gasteiger partial charge >= 0.3 is 5.97 Å². The van der Waals surface area contributed by atoms with E-state index in [4.69, 9.17) is 16.7 Å². The smallest absolute Gasteiger partial charge is 0.340 e. The molecule has 17 heavy (non-hydrogen) atoms. The standard InChI is InChI=1S/C11H8ClFN2O2/c1-6-9(11(16)17)10(12)15(14-6)8-4-2-3-7(13)5-8/h2-5H,1H3,(H,16,17). The van der Waals surface area contributed by atoms with E-state index in [2.05, 4.69) is 5.10 Å². The highest BCUT2D eigenvalue weighted by Gasteiger charge is 2.20. The molecule has 0 saturated carbocycles. The summed E-state index contributed by atoms with van der Waals surface area (Å²) in [6.07, 6.45) is 0. The molecule has 6 heteroatoms. The van der Waals surface area contributed by atoms with E-state index >= 15 is 0 Å². The van der Waals surface area contributed by atoms with Gasteiger partial charge in [0, 0.05) is 0 Å². The first-order chi connectivity index (χ1) is 8.00. The van der Waals surface area contributed by atoms with E-state index in [0.717, 1.165) is 0 Å². The third kappa shape index (κ3) is 2.01. The van der Waals surface area contributed by atoms with Crippen molar-refractivity contribution in [3.05, 3.63) is 46.5 Å². The highest BCUT2D eigenvalue weighted by molar-refractivity contribution is 6.32. The summed E-state index contributed by atoms with van der Waals surface area (Å²) in [7, 11) is 0. The third-order valence-corrected chi connectivity index (χ3v) is 2.62. The number of carbonyl (C=O) groups is 1. The largest absolute Gasteiger partial charge is 0.478 e. The molecule has 0 aliphatic carbocycles. The molecule has 4 nitrogen and oxygen atoms in total. The Kier molecular flexibility index (Phi) is 2.85. The van der Waals surface area contributed by atoms with Crippen LogP contribution in [0.5, 0.6) is 0 Å². The Labute approximate surface area is 101 Å². The van der Waals surface area contributed by atoms with Crippen molar-refractivity contribution in [2.75, 3.05) is 0 Å². The van der Waals surface area contributed by atoms with Gasteiger partial charge in [-0.2, -0.15) is 5.10 Å². The normalized spacial score (nSPS) is 10.5. The number of hydrogen-bond donors (Lipinski definition) is 1. The van der Waals surface area contributed by atoms with Gasteiger partial charge in [-0.05, 0) is 25.1 Å². The highest BCUT2D eigenvalue weighted by Crippen LogP contribution is 2.23. The lowest BCUT2D eigenvalue weighted by Crippen LogP contribution is -1.99. The molecule has 88 valence electrons. The van der Waals surface area contributed by atoms with Crippen LogP contribution in [-0.2, 0) is 0 Å². The molecule has 1 heterocycles. The Balaban J connectivity index is 2.62. The molecule has 2 rings (SSSR count). The maximum atomic E-state index is 13.0.